The summed E-state index contributed by atoms with van der Waals surface area (Å²) >= 11 is 0. The van der Waals surface area contributed by atoms with Gasteiger partial charge in [0, 0.05) is 5.69 Å². The number of carbonyl (C=O) groups excluding carboxylic acids is 1. The highest BCUT2D eigenvalue weighted by atomic mass is 16.5. The van der Waals surface area contributed by atoms with Gasteiger partial charge in [0.1, 0.15) is 12.7 Å². The molecule has 2 aromatic rings. The van der Waals surface area contributed by atoms with E-state index >= 15 is 0 Å². The van der Waals surface area contributed by atoms with Crippen molar-refractivity contribution in [2.75, 3.05) is 11.9 Å². The number of benzene rings is 2. The van der Waals surface area contributed by atoms with Crippen LogP contribution < -0.4 is 11.1 Å². The molecule has 0 radical (unpaired) electrons. The van der Waals surface area contributed by atoms with Crippen LogP contribution in [-0.4, -0.2) is 29.6 Å². The van der Waals surface area contributed by atoms with Crippen LogP contribution in [0.4, 0.5) is 5.69 Å². The quantitative estimate of drug-likeness (QED) is 0.781. The van der Waals surface area contributed by atoms with Crippen molar-refractivity contribution < 1.29 is 19.4 Å². The number of nitrogens with one attached hydrogen (secondary N) is 1. The fourth-order valence-corrected chi connectivity index (χ4v) is 2.83. The number of anilines is 1. The van der Waals surface area contributed by atoms with Gasteiger partial charge in [-0.3, -0.25) is 4.79 Å². The lowest BCUT2D eigenvalue weighted by Gasteiger charge is -2.15. The van der Waals surface area contributed by atoms with Gasteiger partial charge in [-0.05, 0) is 41.3 Å². The molecule has 1 unspecified atom stereocenters. The fraction of sp³-hybridized carbons (Fsp3) is 0.222. The number of hydrogen-bond donors (Lipinski definition) is 3. The lowest BCUT2D eigenvalue weighted by Crippen LogP contribution is -2.32. The van der Waals surface area contributed by atoms with Gasteiger partial charge in [0.2, 0.25) is 5.91 Å². The lowest BCUT2D eigenvalue weighted by molar-refractivity contribution is -0.143. The molecule has 2 aromatic carbocycles. The number of fused-ring (bicyclic) bond motifs is 3. The molecule has 2 atom stereocenters. The first kappa shape index (κ1) is 16.2. The molecule has 6 nitrogen and oxygen atoms in total. The van der Waals surface area contributed by atoms with E-state index in [4.69, 9.17) is 15.6 Å². The number of carbonyl (C=O) groups is 2. The van der Waals surface area contributed by atoms with Gasteiger partial charge in [0.25, 0.3) is 0 Å². The number of carboxylic acid groups (broad SMARTS) is 1. The molecule has 0 bridgehead atoms. The van der Waals surface area contributed by atoms with Crippen LogP contribution in [0.3, 0.4) is 0 Å². The number of carboxylic acids is 1. The van der Waals surface area contributed by atoms with Gasteiger partial charge in [-0.25, -0.2) is 4.79 Å². The van der Waals surface area contributed by atoms with E-state index in [0.717, 1.165) is 22.3 Å². The van der Waals surface area contributed by atoms with Crippen molar-refractivity contribution in [3.63, 3.8) is 0 Å². The smallest absolute Gasteiger partial charge is 0.329 e. The van der Waals surface area contributed by atoms with Crippen LogP contribution in [0.25, 0.3) is 11.1 Å². The Bertz CT molecular complexity index is 801. The molecule has 1 amide bonds. The van der Waals surface area contributed by atoms with E-state index in [0.29, 0.717) is 5.69 Å². The normalized spacial score (nSPS) is 16.2. The largest absolute Gasteiger partial charge is 0.480 e. The molecule has 0 aromatic heterocycles. The SMILES string of the molecule is C[C@H](N)C(=O)Nc1ccc2c(c1)C(OCC(=O)O)c1ccccc1-2. The van der Waals surface area contributed by atoms with Crippen molar-refractivity contribution in [1.82, 2.24) is 0 Å². The molecule has 3 rings (SSSR count). The van der Waals surface area contributed by atoms with Crippen LogP contribution in [0.15, 0.2) is 42.5 Å². The Balaban J connectivity index is 1.97. The van der Waals surface area contributed by atoms with Crippen molar-refractivity contribution >= 4 is 17.6 Å². The van der Waals surface area contributed by atoms with E-state index in [9.17, 15) is 9.59 Å². The number of hydrogen-bond acceptors (Lipinski definition) is 4. The van der Waals surface area contributed by atoms with Gasteiger partial charge in [0.15, 0.2) is 0 Å². The summed E-state index contributed by atoms with van der Waals surface area (Å²) in [5, 5.41) is 11.7. The zero-order chi connectivity index (χ0) is 17.3. The Morgan fingerprint density at radius 1 is 1.21 bits per heavy atom. The first-order valence-electron chi connectivity index (χ1n) is 7.60. The second-order valence-corrected chi connectivity index (χ2v) is 5.75. The second-order valence-electron chi connectivity index (χ2n) is 5.75. The minimum absolute atomic E-state index is 0.284. The highest BCUT2D eigenvalue weighted by Crippen LogP contribution is 2.46. The van der Waals surface area contributed by atoms with Gasteiger partial charge >= 0.3 is 5.97 Å². The predicted octanol–water partition coefficient (Wildman–Crippen LogP) is 2.14. The number of nitrogens with two attached hydrogens (primary N) is 1. The molecule has 0 saturated carbocycles. The third-order valence-electron chi connectivity index (χ3n) is 3.92. The van der Waals surface area contributed by atoms with E-state index in [2.05, 4.69) is 5.32 Å². The first-order chi connectivity index (χ1) is 11.5. The number of ether oxygens (including phenoxy) is 1. The maximum absolute atomic E-state index is 11.8. The van der Waals surface area contributed by atoms with E-state index in [-0.39, 0.29) is 5.91 Å². The Labute approximate surface area is 139 Å². The Morgan fingerprint density at radius 3 is 2.62 bits per heavy atom. The fourth-order valence-electron chi connectivity index (χ4n) is 2.83. The molecule has 24 heavy (non-hydrogen) atoms. The molecule has 124 valence electrons. The monoisotopic (exact) mass is 326 g/mol. The van der Waals surface area contributed by atoms with Gasteiger partial charge in [0.05, 0.1) is 6.04 Å². The zero-order valence-corrected chi connectivity index (χ0v) is 13.2. The van der Waals surface area contributed by atoms with Crippen LogP contribution in [0.1, 0.15) is 24.2 Å². The van der Waals surface area contributed by atoms with Gasteiger partial charge in [-0.2, -0.15) is 0 Å². The van der Waals surface area contributed by atoms with Crippen LogP contribution in [0.5, 0.6) is 0 Å². The topological polar surface area (TPSA) is 102 Å². The molecule has 1 aliphatic carbocycles. The first-order valence-corrected chi connectivity index (χ1v) is 7.60. The van der Waals surface area contributed by atoms with Crippen molar-refractivity contribution in [1.29, 1.82) is 0 Å². The summed E-state index contributed by atoms with van der Waals surface area (Å²) in [7, 11) is 0. The van der Waals surface area contributed by atoms with Crippen molar-refractivity contribution in [3.8, 4) is 11.1 Å². The minimum atomic E-state index is -1.03. The Morgan fingerprint density at radius 2 is 1.92 bits per heavy atom. The maximum atomic E-state index is 11.8. The van der Waals surface area contributed by atoms with E-state index in [1.807, 2.05) is 36.4 Å². The third-order valence-corrected chi connectivity index (χ3v) is 3.92. The molecule has 6 heteroatoms. The highest BCUT2D eigenvalue weighted by molar-refractivity contribution is 5.95. The highest BCUT2D eigenvalue weighted by Gasteiger charge is 2.30. The molecule has 1 aliphatic rings. The number of aliphatic carboxylic acids is 1. The third kappa shape index (κ3) is 3.02. The number of rotatable bonds is 5. The average molecular weight is 326 g/mol. The van der Waals surface area contributed by atoms with Gasteiger partial charge in [-0.15, -0.1) is 0 Å². The van der Waals surface area contributed by atoms with Crippen LogP contribution >= 0.6 is 0 Å². The zero-order valence-electron chi connectivity index (χ0n) is 13.2. The summed E-state index contributed by atoms with van der Waals surface area (Å²) in [4.78, 5) is 22.7. The summed E-state index contributed by atoms with van der Waals surface area (Å²) in [6.45, 7) is 1.21. The summed E-state index contributed by atoms with van der Waals surface area (Å²) in [5.74, 6) is -1.31. The van der Waals surface area contributed by atoms with E-state index in [1.54, 1.807) is 13.0 Å². The summed E-state index contributed by atoms with van der Waals surface area (Å²) < 4.78 is 5.59. The summed E-state index contributed by atoms with van der Waals surface area (Å²) in [6.07, 6.45) is -0.473. The molecule has 0 spiro atoms. The molecule has 0 aliphatic heterocycles. The van der Waals surface area contributed by atoms with Crippen LogP contribution in [0, 0.1) is 0 Å². The predicted molar refractivity (Wildman–Crippen MR) is 89.6 cm³/mol. The second kappa shape index (κ2) is 6.43. The Kier molecular flexibility index (Phi) is 4.33. The van der Waals surface area contributed by atoms with Crippen molar-refractivity contribution in [2.45, 2.75) is 19.1 Å². The van der Waals surface area contributed by atoms with Crippen molar-refractivity contribution in [2.24, 2.45) is 5.73 Å². The molecular weight excluding hydrogens is 308 g/mol. The Hall–Kier alpha value is -2.70. The molecule has 4 N–H and O–H groups in total. The van der Waals surface area contributed by atoms with Crippen LogP contribution in [0.2, 0.25) is 0 Å². The molecule has 0 fully saturated rings. The standard InChI is InChI=1S/C18H18N2O4/c1-10(19)18(23)20-11-6-7-13-12-4-2-3-5-14(12)17(15(13)8-11)24-9-16(21)22/h2-8,10,17H,9,19H2,1H3,(H,20,23)(H,21,22)/t10-,17?/m0/s1. The van der Waals surface area contributed by atoms with Crippen LogP contribution in [-0.2, 0) is 14.3 Å². The maximum Gasteiger partial charge on any atom is 0.329 e. The number of amides is 1. The lowest BCUT2D eigenvalue weighted by atomic mass is 10.1. The van der Waals surface area contributed by atoms with E-state index < -0.39 is 24.7 Å². The molecule has 0 saturated heterocycles. The summed E-state index contributed by atoms with van der Waals surface area (Å²) in [6, 6.07) is 12.6. The molecule has 0 heterocycles. The van der Waals surface area contributed by atoms with E-state index in [1.165, 1.54) is 0 Å². The minimum Gasteiger partial charge on any atom is -0.480 e. The summed E-state index contributed by atoms with van der Waals surface area (Å²) in [5.41, 5.74) is 9.91. The van der Waals surface area contributed by atoms with Gasteiger partial charge in [-0.1, -0.05) is 30.3 Å². The van der Waals surface area contributed by atoms with Gasteiger partial charge < -0.3 is 20.9 Å². The molecular formula is C18H18N2O4. The average Bonchev–Trinajstić information content (AvgIpc) is 2.86. The van der Waals surface area contributed by atoms with Crippen molar-refractivity contribution in [3.05, 3.63) is 53.6 Å².